The third-order valence-corrected chi connectivity index (χ3v) is 4.11. The molecule has 0 fully saturated rings. The van der Waals surface area contributed by atoms with Gasteiger partial charge in [0.15, 0.2) is 0 Å². The molecule has 0 spiro atoms. The number of carboxylic acids is 2. The van der Waals surface area contributed by atoms with Gasteiger partial charge < -0.3 is 22.6 Å². The van der Waals surface area contributed by atoms with Crippen LogP contribution in [-0.2, 0) is 31.3 Å². The van der Waals surface area contributed by atoms with E-state index in [1.165, 1.54) is 51.4 Å². The summed E-state index contributed by atoms with van der Waals surface area (Å²) in [6.07, 6.45) is 15.3. The predicted octanol–water partition coefficient (Wildman–Crippen LogP) is 1.46. The van der Waals surface area contributed by atoms with Gasteiger partial charge in [0.05, 0.1) is 0 Å². The number of allylic oxidation sites excluding steroid dienone is 4. The second-order valence-electron chi connectivity index (χ2n) is 5.65. The van der Waals surface area contributed by atoms with Gasteiger partial charge in [-0.15, -0.1) is 12.0 Å². The quantitative estimate of drug-likeness (QED) is 0.418. The fraction of sp³-hybridized carbons (Fsp3) is 0.421. The van der Waals surface area contributed by atoms with Crippen LogP contribution in [0.25, 0.3) is 0 Å². The third kappa shape index (κ3) is 9.15. The normalized spacial score (nSPS) is 16.6. The molecule has 0 heterocycles. The van der Waals surface area contributed by atoms with E-state index in [1.54, 1.807) is 22.3 Å². The molecule has 3 aliphatic carbocycles. The first kappa shape index (κ1) is 26.0. The van der Waals surface area contributed by atoms with E-state index in [2.05, 4.69) is 19.6 Å². The summed E-state index contributed by atoms with van der Waals surface area (Å²) in [6.45, 7) is 5.92. The van der Waals surface area contributed by atoms with Gasteiger partial charge >= 0.3 is 33.7 Å². The molecule has 0 saturated carbocycles. The molecular weight excluding hydrogens is 376 g/mol. The molecule has 3 aliphatic rings. The Morgan fingerprint density at radius 2 is 1.40 bits per heavy atom. The minimum atomic E-state index is -0.981. The minimum Gasteiger partial charge on any atom is -1.00 e. The van der Waals surface area contributed by atoms with Gasteiger partial charge in [0.1, 0.15) is 0 Å². The number of fused-ring (bicyclic) bond motifs is 1. The molecule has 4 nitrogen and oxygen atoms in total. The Morgan fingerprint density at radius 3 is 1.92 bits per heavy atom. The summed E-state index contributed by atoms with van der Waals surface area (Å²) in [5, 5.41) is 15.2. The molecule has 0 atom stereocenters. The van der Waals surface area contributed by atoms with Crippen molar-refractivity contribution >= 4 is 11.9 Å². The van der Waals surface area contributed by atoms with E-state index >= 15 is 0 Å². The summed E-state index contributed by atoms with van der Waals surface area (Å²) in [6, 6.07) is 0. The first-order chi connectivity index (χ1) is 11.0. The Kier molecular flexibility index (Phi) is 14.6. The molecule has 0 bridgehead atoms. The number of aliphatic carboxylic acids is 2. The Labute approximate surface area is 171 Å². The smallest absolute Gasteiger partial charge is 1.00 e. The van der Waals surface area contributed by atoms with Gasteiger partial charge in [0.25, 0.3) is 0 Å². The van der Waals surface area contributed by atoms with E-state index in [0.717, 1.165) is 12.2 Å². The summed E-state index contributed by atoms with van der Waals surface area (Å²) in [5.74, 6) is -1.96. The van der Waals surface area contributed by atoms with E-state index in [-0.39, 0.29) is 34.1 Å². The molecule has 25 heavy (non-hydrogen) atoms. The first-order valence-electron chi connectivity index (χ1n) is 7.96. The van der Waals surface area contributed by atoms with Crippen molar-refractivity contribution < 1.29 is 53.9 Å². The van der Waals surface area contributed by atoms with Gasteiger partial charge in [0, 0.05) is 12.2 Å². The molecule has 0 unspecified atom stereocenters. The number of hydrogen-bond acceptors (Lipinski definition) is 2. The van der Waals surface area contributed by atoms with Crippen LogP contribution in [0.3, 0.4) is 0 Å². The van der Waals surface area contributed by atoms with Gasteiger partial charge in [-0.25, -0.2) is 21.6 Å². The molecule has 2 N–H and O–H groups in total. The van der Waals surface area contributed by atoms with Crippen LogP contribution < -0.4 is 12.4 Å². The van der Waals surface area contributed by atoms with Crippen molar-refractivity contribution in [3.8, 4) is 0 Å². The van der Waals surface area contributed by atoms with Gasteiger partial charge in [0.2, 0.25) is 0 Å². The van der Waals surface area contributed by atoms with E-state index in [0.29, 0.717) is 0 Å². The summed E-state index contributed by atoms with van der Waals surface area (Å²) in [5.41, 5.74) is 7.06. The van der Waals surface area contributed by atoms with Crippen LogP contribution in [0.2, 0.25) is 0 Å². The third-order valence-electron chi connectivity index (χ3n) is 4.11. The number of halogens is 1. The second-order valence-corrected chi connectivity index (χ2v) is 5.65. The molecule has 6 heteroatoms. The number of carbonyl (C=O) groups is 2. The maximum atomic E-state index is 9.25. The zero-order valence-corrected chi connectivity index (χ0v) is 16.7. The summed E-state index contributed by atoms with van der Waals surface area (Å²) in [4.78, 5) is 18.5. The number of carboxylic acid groups (broad SMARTS) is 2. The molecule has 0 saturated heterocycles. The van der Waals surface area contributed by atoms with Gasteiger partial charge in [-0.2, -0.15) is 5.57 Å². The maximum absolute atomic E-state index is 9.25. The van der Waals surface area contributed by atoms with Gasteiger partial charge in [-0.1, -0.05) is 38.0 Å². The Morgan fingerprint density at radius 1 is 0.920 bits per heavy atom. The van der Waals surface area contributed by atoms with E-state index in [1.807, 2.05) is 0 Å². The largest absolute Gasteiger partial charge is 2.00 e. The summed E-state index contributed by atoms with van der Waals surface area (Å²) < 4.78 is 0. The minimum absolute atomic E-state index is 0. The average Bonchev–Trinajstić information content (AvgIpc) is 2.94. The number of hydrogen-bond donors (Lipinski definition) is 2. The van der Waals surface area contributed by atoms with Crippen LogP contribution in [0.15, 0.2) is 47.6 Å². The van der Waals surface area contributed by atoms with Crippen molar-refractivity contribution in [1.82, 2.24) is 0 Å². The summed E-state index contributed by atoms with van der Waals surface area (Å²) >= 11 is 0. The monoisotopic (exact) mass is 400 g/mol. The molecule has 0 aromatic heterocycles. The van der Waals surface area contributed by atoms with E-state index < -0.39 is 11.9 Å². The first-order valence-corrected chi connectivity index (χ1v) is 7.96. The SMILES string of the molecule is C=CC(=O)O.C=CC(=O)O.[CH-]1CCCC2=C1CC1=C2CCCC1.[Cl-].[Ti+2]. The topological polar surface area (TPSA) is 74.6 Å². The second kappa shape index (κ2) is 14.0. The molecule has 0 aliphatic heterocycles. The molecule has 3 rings (SSSR count). The van der Waals surface area contributed by atoms with Crippen LogP contribution in [-0.4, -0.2) is 22.2 Å². The van der Waals surface area contributed by atoms with Crippen LogP contribution in [0.5, 0.6) is 0 Å². The van der Waals surface area contributed by atoms with Crippen molar-refractivity contribution in [3.63, 3.8) is 0 Å². The van der Waals surface area contributed by atoms with Crippen LogP contribution in [0, 0.1) is 6.42 Å². The average molecular weight is 401 g/mol. The Bertz CT molecular complexity index is 502. The fourth-order valence-corrected chi connectivity index (χ4v) is 3.12. The van der Waals surface area contributed by atoms with E-state index in [4.69, 9.17) is 10.2 Å². The molecule has 0 radical (unpaired) electrons. The van der Waals surface area contributed by atoms with Crippen molar-refractivity contribution in [2.75, 3.05) is 0 Å². The zero-order chi connectivity index (χ0) is 17.2. The van der Waals surface area contributed by atoms with Crippen molar-refractivity contribution in [2.24, 2.45) is 0 Å². The van der Waals surface area contributed by atoms with Crippen molar-refractivity contribution in [1.29, 1.82) is 0 Å². The molecule has 0 aromatic carbocycles. The van der Waals surface area contributed by atoms with E-state index in [9.17, 15) is 9.59 Å². The molecular formula is C19H25ClO4Ti. The molecule has 136 valence electrons. The standard InChI is InChI=1S/C13H17.2C3H4O2.ClH.Ti/c1-3-7-12-10(5-1)9-11-6-2-4-8-13(11)12;2*1-2-3(4)5;;/h5H,1-4,6-9H2;2*2H,1H2,(H,4,5);1H;/q-1;;;;+2/p-1. The molecule has 0 aromatic rings. The number of rotatable bonds is 2. The van der Waals surface area contributed by atoms with Crippen molar-refractivity contribution in [3.05, 3.63) is 54.0 Å². The predicted molar refractivity (Wildman–Crippen MR) is 91.0 cm³/mol. The maximum Gasteiger partial charge on any atom is 2.00 e. The van der Waals surface area contributed by atoms with Crippen LogP contribution >= 0.6 is 0 Å². The van der Waals surface area contributed by atoms with Gasteiger partial charge in [-0.3, -0.25) is 0 Å². The van der Waals surface area contributed by atoms with Gasteiger partial charge in [-0.05, 0) is 25.7 Å². The van der Waals surface area contributed by atoms with Crippen LogP contribution in [0.4, 0.5) is 0 Å². The molecule has 0 amide bonds. The Balaban J connectivity index is 0. The van der Waals surface area contributed by atoms with Crippen LogP contribution in [0.1, 0.15) is 51.4 Å². The Hall–Kier alpha value is -1.23. The van der Waals surface area contributed by atoms with Crippen molar-refractivity contribution in [2.45, 2.75) is 51.4 Å². The zero-order valence-electron chi connectivity index (χ0n) is 14.4. The summed E-state index contributed by atoms with van der Waals surface area (Å²) in [7, 11) is 0. The fourth-order valence-electron chi connectivity index (χ4n) is 3.12.